The van der Waals surface area contributed by atoms with Gasteiger partial charge in [0, 0.05) is 12.0 Å². The summed E-state index contributed by atoms with van der Waals surface area (Å²) in [5.74, 6) is 1.35. The molecule has 0 aliphatic rings. The monoisotopic (exact) mass is 247 g/mol. The molecular weight excluding hydrogens is 218 g/mol. The Morgan fingerprint density at radius 1 is 1.06 bits per heavy atom. The summed E-state index contributed by atoms with van der Waals surface area (Å²) in [6.07, 6.45) is 1.18. The Hall–Kier alpha value is -0.820. The van der Waals surface area contributed by atoms with Crippen LogP contribution in [0, 0.1) is 11.8 Å². The van der Waals surface area contributed by atoms with Crippen molar-refractivity contribution in [1.29, 1.82) is 0 Å². The summed E-state index contributed by atoms with van der Waals surface area (Å²) in [6.45, 7) is 13.7. The molecule has 0 amide bonds. The zero-order valence-corrected chi connectivity index (χ0v) is 12.7. The van der Waals surface area contributed by atoms with Gasteiger partial charge in [-0.05, 0) is 30.4 Å². The van der Waals surface area contributed by atoms with E-state index < -0.39 is 0 Å². The lowest BCUT2D eigenvalue weighted by Gasteiger charge is -2.38. The van der Waals surface area contributed by atoms with Crippen LogP contribution >= 0.6 is 0 Å². The van der Waals surface area contributed by atoms with E-state index >= 15 is 0 Å². The van der Waals surface area contributed by atoms with Crippen molar-refractivity contribution in [1.82, 2.24) is 5.32 Å². The number of hydrogen-bond donors (Lipinski definition) is 1. The van der Waals surface area contributed by atoms with Crippen molar-refractivity contribution in [3.8, 4) is 0 Å². The normalized spacial score (nSPS) is 15.1. The Bertz CT molecular complexity index is 329. The molecule has 1 aromatic rings. The first-order valence-electron chi connectivity index (χ1n) is 7.29. The minimum atomic E-state index is 0.260. The fourth-order valence-electron chi connectivity index (χ4n) is 2.73. The average molecular weight is 247 g/mol. The Kier molecular flexibility index (Phi) is 5.87. The zero-order valence-electron chi connectivity index (χ0n) is 12.7. The second-order valence-corrected chi connectivity index (χ2v) is 6.06. The van der Waals surface area contributed by atoms with Gasteiger partial charge in [-0.25, -0.2) is 0 Å². The molecule has 0 aromatic heterocycles. The Morgan fingerprint density at radius 2 is 1.67 bits per heavy atom. The van der Waals surface area contributed by atoms with Crippen molar-refractivity contribution in [3.05, 3.63) is 35.9 Å². The van der Waals surface area contributed by atoms with Gasteiger partial charge in [-0.1, -0.05) is 65.0 Å². The van der Waals surface area contributed by atoms with Gasteiger partial charge in [-0.2, -0.15) is 0 Å². The van der Waals surface area contributed by atoms with E-state index in [0.29, 0.717) is 11.8 Å². The summed E-state index contributed by atoms with van der Waals surface area (Å²) in [7, 11) is 0. The van der Waals surface area contributed by atoms with Crippen LogP contribution in [0.2, 0.25) is 0 Å². The Morgan fingerprint density at radius 3 is 2.11 bits per heavy atom. The highest BCUT2D eigenvalue weighted by atomic mass is 14.9. The summed E-state index contributed by atoms with van der Waals surface area (Å²) in [5.41, 5.74) is 1.73. The lowest BCUT2D eigenvalue weighted by atomic mass is 9.69. The van der Waals surface area contributed by atoms with E-state index in [-0.39, 0.29) is 5.41 Å². The maximum Gasteiger partial charge on any atom is 0.00980 e. The maximum atomic E-state index is 3.66. The molecule has 0 bridgehead atoms. The fourth-order valence-corrected chi connectivity index (χ4v) is 2.73. The summed E-state index contributed by atoms with van der Waals surface area (Å²) < 4.78 is 0. The quantitative estimate of drug-likeness (QED) is 0.760. The third kappa shape index (κ3) is 3.58. The van der Waals surface area contributed by atoms with Gasteiger partial charge in [0.05, 0.1) is 0 Å². The summed E-state index contributed by atoms with van der Waals surface area (Å²) >= 11 is 0. The highest BCUT2D eigenvalue weighted by Gasteiger charge is 2.33. The van der Waals surface area contributed by atoms with E-state index in [1.54, 1.807) is 0 Å². The first-order valence-corrected chi connectivity index (χ1v) is 7.29. The second kappa shape index (κ2) is 6.94. The van der Waals surface area contributed by atoms with Gasteiger partial charge >= 0.3 is 0 Å². The standard InChI is InChI=1S/C17H29N/c1-6-17(15(4)5,13-18-12-14(2)3)16-10-8-7-9-11-16/h7-11,14-15,18H,6,12-13H2,1-5H3. The smallest absolute Gasteiger partial charge is 0.00980 e. The SMILES string of the molecule is CCC(CNCC(C)C)(c1ccccc1)C(C)C. The van der Waals surface area contributed by atoms with E-state index in [0.717, 1.165) is 13.1 Å². The van der Waals surface area contributed by atoms with Gasteiger partial charge in [-0.3, -0.25) is 0 Å². The van der Waals surface area contributed by atoms with Gasteiger partial charge < -0.3 is 5.32 Å². The van der Waals surface area contributed by atoms with Crippen LogP contribution in [0.5, 0.6) is 0 Å². The lowest BCUT2D eigenvalue weighted by molar-refractivity contribution is 0.276. The molecule has 1 unspecified atom stereocenters. The van der Waals surface area contributed by atoms with Crippen LogP contribution in [0.1, 0.15) is 46.6 Å². The molecule has 0 heterocycles. The van der Waals surface area contributed by atoms with E-state index in [1.165, 1.54) is 12.0 Å². The van der Waals surface area contributed by atoms with Crippen LogP contribution < -0.4 is 5.32 Å². The third-order valence-electron chi connectivity index (χ3n) is 4.08. The molecule has 0 aliphatic carbocycles. The third-order valence-corrected chi connectivity index (χ3v) is 4.08. The maximum absolute atomic E-state index is 3.66. The molecule has 0 saturated heterocycles. The highest BCUT2D eigenvalue weighted by molar-refractivity contribution is 5.26. The predicted molar refractivity (Wildman–Crippen MR) is 81.0 cm³/mol. The molecule has 0 aliphatic heterocycles. The molecule has 0 spiro atoms. The largest absolute Gasteiger partial charge is 0.316 e. The van der Waals surface area contributed by atoms with Crippen LogP contribution in [-0.2, 0) is 5.41 Å². The number of benzene rings is 1. The van der Waals surface area contributed by atoms with Crippen LogP contribution in [-0.4, -0.2) is 13.1 Å². The molecule has 102 valence electrons. The van der Waals surface area contributed by atoms with Crippen LogP contribution in [0.3, 0.4) is 0 Å². The van der Waals surface area contributed by atoms with Crippen molar-refractivity contribution in [2.45, 2.75) is 46.5 Å². The summed E-state index contributed by atoms with van der Waals surface area (Å²) in [4.78, 5) is 0. The molecule has 1 aromatic carbocycles. The number of rotatable bonds is 7. The first kappa shape index (κ1) is 15.2. The lowest BCUT2D eigenvalue weighted by Crippen LogP contribution is -2.43. The molecule has 1 N–H and O–H groups in total. The summed E-state index contributed by atoms with van der Waals surface area (Å²) in [6, 6.07) is 11.0. The Balaban J connectivity index is 2.88. The van der Waals surface area contributed by atoms with Gasteiger partial charge in [0.2, 0.25) is 0 Å². The predicted octanol–water partition coefficient (Wildman–Crippen LogP) is 4.24. The van der Waals surface area contributed by atoms with E-state index in [2.05, 4.69) is 70.3 Å². The molecule has 1 rings (SSSR count). The molecule has 1 nitrogen and oxygen atoms in total. The first-order chi connectivity index (χ1) is 8.53. The van der Waals surface area contributed by atoms with E-state index in [9.17, 15) is 0 Å². The van der Waals surface area contributed by atoms with Crippen molar-refractivity contribution in [3.63, 3.8) is 0 Å². The molecule has 1 atom stereocenters. The minimum Gasteiger partial charge on any atom is -0.316 e. The van der Waals surface area contributed by atoms with Crippen molar-refractivity contribution in [2.75, 3.05) is 13.1 Å². The van der Waals surface area contributed by atoms with Crippen molar-refractivity contribution >= 4 is 0 Å². The number of hydrogen-bond acceptors (Lipinski definition) is 1. The zero-order chi connectivity index (χ0) is 13.6. The molecule has 0 fully saturated rings. The van der Waals surface area contributed by atoms with Crippen LogP contribution in [0.4, 0.5) is 0 Å². The topological polar surface area (TPSA) is 12.0 Å². The Labute approximate surface area is 113 Å². The fraction of sp³-hybridized carbons (Fsp3) is 0.647. The second-order valence-electron chi connectivity index (χ2n) is 6.06. The van der Waals surface area contributed by atoms with Crippen molar-refractivity contribution < 1.29 is 0 Å². The highest BCUT2D eigenvalue weighted by Crippen LogP contribution is 2.35. The van der Waals surface area contributed by atoms with Crippen LogP contribution in [0.15, 0.2) is 30.3 Å². The van der Waals surface area contributed by atoms with E-state index in [1.807, 2.05) is 0 Å². The van der Waals surface area contributed by atoms with E-state index in [4.69, 9.17) is 0 Å². The van der Waals surface area contributed by atoms with Crippen molar-refractivity contribution in [2.24, 2.45) is 11.8 Å². The average Bonchev–Trinajstić information content (AvgIpc) is 2.35. The van der Waals surface area contributed by atoms with Gasteiger partial charge in [0.1, 0.15) is 0 Å². The molecule has 0 radical (unpaired) electrons. The van der Waals surface area contributed by atoms with Gasteiger partial charge in [-0.15, -0.1) is 0 Å². The number of nitrogens with one attached hydrogen (secondary N) is 1. The summed E-state index contributed by atoms with van der Waals surface area (Å²) in [5, 5.41) is 3.66. The van der Waals surface area contributed by atoms with Crippen LogP contribution in [0.25, 0.3) is 0 Å². The minimum absolute atomic E-state index is 0.260. The molecule has 18 heavy (non-hydrogen) atoms. The van der Waals surface area contributed by atoms with Gasteiger partial charge in [0.15, 0.2) is 0 Å². The molecule has 1 heteroatoms. The van der Waals surface area contributed by atoms with Gasteiger partial charge in [0.25, 0.3) is 0 Å². The molecule has 0 saturated carbocycles. The molecular formula is C17H29N.